The molecule has 0 aliphatic heterocycles. The maximum Gasteiger partial charge on any atom is 0.281 e. The van der Waals surface area contributed by atoms with Crippen LogP contribution >= 0.6 is 0 Å². The van der Waals surface area contributed by atoms with Crippen molar-refractivity contribution in [1.29, 1.82) is 0 Å². The Hall–Kier alpha value is -2.04. The van der Waals surface area contributed by atoms with Crippen molar-refractivity contribution in [2.45, 2.75) is 19.3 Å². The van der Waals surface area contributed by atoms with Gasteiger partial charge in [0.25, 0.3) is 5.95 Å². The molecule has 0 atom stereocenters. The van der Waals surface area contributed by atoms with Crippen LogP contribution in [-0.2, 0) is 0 Å². The number of hydrogen-bond acceptors (Lipinski definition) is 5. The lowest BCUT2D eigenvalue weighted by Crippen LogP contribution is -2.22. The SMILES string of the molecule is OC(O)=c1cc(O)c(=C(O)C2CCC2)c(O)c1. The summed E-state index contributed by atoms with van der Waals surface area (Å²) in [5.41, 5.74) is 0. The summed E-state index contributed by atoms with van der Waals surface area (Å²) in [6.07, 6.45) is 2.66. The maximum atomic E-state index is 9.90. The summed E-state index contributed by atoms with van der Waals surface area (Å²) < 4.78 is 0. The van der Waals surface area contributed by atoms with Crippen LogP contribution < -0.4 is 10.4 Å². The molecule has 1 aliphatic carbocycles. The van der Waals surface area contributed by atoms with E-state index < -0.39 is 5.95 Å². The Morgan fingerprint density at radius 3 is 1.88 bits per heavy atom. The maximum absolute atomic E-state index is 9.90. The van der Waals surface area contributed by atoms with E-state index in [0.29, 0.717) is 0 Å². The van der Waals surface area contributed by atoms with Crippen LogP contribution in [0, 0.1) is 5.92 Å². The molecule has 1 aliphatic rings. The molecular formula is C12H14O5. The zero-order valence-corrected chi connectivity index (χ0v) is 9.09. The second kappa shape index (κ2) is 4.08. The van der Waals surface area contributed by atoms with Crippen molar-refractivity contribution in [1.82, 2.24) is 0 Å². The molecule has 0 bridgehead atoms. The summed E-state index contributed by atoms with van der Waals surface area (Å²) in [6, 6.07) is 2.17. The molecule has 1 fully saturated rings. The highest BCUT2D eigenvalue weighted by atomic mass is 16.5. The quantitative estimate of drug-likeness (QED) is 0.497. The fraction of sp³-hybridized carbons (Fsp3) is 0.333. The van der Waals surface area contributed by atoms with Gasteiger partial charge in [-0.3, -0.25) is 0 Å². The van der Waals surface area contributed by atoms with Gasteiger partial charge >= 0.3 is 0 Å². The van der Waals surface area contributed by atoms with Crippen LogP contribution in [0.4, 0.5) is 0 Å². The van der Waals surface area contributed by atoms with Crippen LogP contribution in [0.5, 0.6) is 11.5 Å². The Balaban J connectivity index is 2.67. The highest BCUT2D eigenvalue weighted by Crippen LogP contribution is 2.32. The minimum atomic E-state index is -0.995. The Bertz CT molecular complexity index is 524. The van der Waals surface area contributed by atoms with E-state index in [1.54, 1.807) is 0 Å². The lowest BCUT2D eigenvalue weighted by Gasteiger charge is -2.24. The first-order valence-corrected chi connectivity index (χ1v) is 5.38. The Morgan fingerprint density at radius 2 is 1.53 bits per heavy atom. The third-order valence-corrected chi connectivity index (χ3v) is 3.10. The fourth-order valence-corrected chi connectivity index (χ4v) is 1.89. The second-order valence-corrected chi connectivity index (χ2v) is 4.23. The summed E-state index contributed by atoms with van der Waals surface area (Å²) in [5, 5.41) is 46.8. The first-order valence-electron chi connectivity index (χ1n) is 5.38. The molecule has 0 saturated heterocycles. The Labute approximate surface area is 97.2 Å². The van der Waals surface area contributed by atoms with Gasteiger partial charge in [-0.2, -0.15) is 0 Å². The highest BCUT2D eigenvalue weighted by molar-refractivity contribution is 5.51. The van der Waals surface area contributed by atoms with E-state index >= 15 is 0 Å². The van der Waals surface area contributed by atoms with E-state index in [9.17, 15) is 15.3 Å². The molecule has 0 spiro atoms. The topological polar surface area (TPSA) is 101 Å². The van der Waals surface area contributed by atoms with Crippen LogP contribution in [0.2, 0.25) is 0 Å². The number of benzene rings is 1. The minimum Gasteiger partial charge on any atom is -0.511 e. The fourth-order valence-electron chi connectivity index (χ4n) is 1.89. The van der Waals surface area contributed by atoms with Crippen molar-refractivity contribution in [2.75, 3.05) is 0 Å². The third-order valence-electron chi connectivity index (χ3n) is 3.10. The van der Waals surface area contributed by atoms with Crippen molar-refractivity contribution < 1.29 is 25.5 Å². The molecule has 0 unspecified atom stereocenters. The predicted octanol–water partition coefficient (Wildman–Crippen LogP) is 0.746. The molecule has 0 aromatic heterocycles. The van der Waals surface area contributed by atoms with Crippen molar-refractivity contribution >= 4 is 11.7 Å². The molecule has 0 amide bonds. The average molecular weight is 238 g/mol. The van der Waals surface area contributed by atoms with Crippen LogP contribution in [-0.4, -0.2) is 25.5 Å². The van der Waals surface area contributed by atoms with Gasteiger partial charge in [-0.25, -0.2) is 0 Å². The summed E-state index contributed by atoms with van der Waals surface area (Å²) in [4.78, 5) is 0. The number of phenolic OH excluding ortho intramolecular Hbond substituents is 2. The van der Waals surface area contributed by atoms with Gasteiger partial charge in [0.2, 0.25) is 0 Å². The molecule has 5 N–H and O–H groups in total. The van der Waals surface area contributed by atoms with E-state index in [1.165, 1.54) is 0 Å². The van der Waals surface area contributed by atoms with Crippen LogP contribution in [0.3, 0.4) is 0 Å². The molecule has 0 radical (unpaired) electrons. The standard InChI is InChI=1S/C12H14O5/c13-8-4-7(12(16)17)5-9(14)10(8)11(15)6-2-1-3-6/h4-6,13-17H,1-3H2. The average Bonchev–Trinajstić information content (AvgIpc) is 2.13. The van der Waals surface area contributed by atoms with Crippen molar-refractivity contribution in [3.8, 4) is 11.5 Å². The number of aromatic hydroxyl groups is 2. The van der Waals surface area contributed by atoms with Crippen LogP contribution in [0.15, 0.2) is 12.1 Å². The predicted molar refractivity (Wildman–Crippen MR) is 61.1 cm³/mol. The third kappa shape index (κ3) is 1.95. The second-order valence-electron chi connectivity index (χ2n) is 4.23. The Morgan fingerprint density at radius 1 is 1.00 bits per heavy atom. The number of hydrogen-bond donors (Lipinski definition) is 5. The Kier molecular flexibility index (Phi) is 2.75. The molecule has 2 rings (SSSR count). The monoisotopic (exact) mass is 238 g/mol. The van der Waals surface area contributed by atoms with Crippen molar-refractivity contribution in [3.63, 3.8) is 0 Å². The summed E-state index contributed by atoms with van der Waals surface area (Å²) in [7, 11) is 0. The molecule has 1 aromatic rings. The van der Waals surface area contributed by atoms with Gasteiger partial charge < -0.3 is 25.5 Å². The van der Waals surface area contributed by atoms with Gasteiger partial charge in [0.05, 0.1) is 10.4 Å². The molecule has 0 heterocycles. The van der Waals surface area contributed by atoms with Gasteiger partial charge in [0, 0.05) is 5.92 Å². The zero-order valence-electron chi connectivity index (χ0n) is 9.09. The van der Waals surface area contributed by atoms with Gasteiger partial charge in [-0.1, -0.05) is 6.42 Å². The first-order chi connectivity index (χ1) is 8.00. The number of rotatable bonds is 1. The van der Waals surface area contributed by atoms with Crippen molar-refractivity contribution in [2.24, 2.45) is 5.92 Å². The molecule has 5 nitrogen and oxygen atoms in total. The zero-order chi connectivity index (χ0) is 12.6. The number of aliphatic hydroxyl groups is 3. The molecular weight excluding hydrogens is 224 g/mol. The van der Waals surface area contributed by atoms with E-state index in [1.807, 2.05) is 0 Å². The summed E-state index contributed by atoms with van der Waals surface area (Å²) >= 11 is 0. The van der Waals surface area contributed by atoms with E-state index in [2.05, 4.69) is 0 Å². The van der Waals surface area contributed by atoms with Gasteiger partial charge in [0.1, 0.15) is 17.3 Å². The van der Waals surface area contributed by atoms with Crippen LogP contribution in [0.25, 0.3) is 11.7 Å². The lowest BCUT2D eigenvalue weighted by molar-refractivity contribution is 0.297. The van der Waals surface area contributed by atoms with Gasteiger partial charge in [-0.05, 0) is 25.0 Å². The normalized spacial score (nSPS) is 15.3. The van der Waals surface area contributed by atoms with Gasteiger partial charge in [-0.15, -0.1) is 0 Å². The van der Waals surface area contributed by atoms with Gasteiger partial charge in [0.15, 0.2) is 0 Å². The molecule has 17 heavy (non-hydrogen) atoms. The molecule has 5 heteroatoms. The molecule has 92 valence electrons. The molecule has 1 saturated carbocycles. The molecule has 1 aromatic carbocycles. The number of aliphatic hydroxyl groups excluding tert-OH is 2. The van der Waals surface area contributed by atoms with Crippen LogP contribution in [0.1, 0.15) is 19.3 Å². The number of phenols is 2. The highest BCUT2D eigenvalue weighted by Gasteiger charge is 2.23. The largest absolute Gasteiger partial charge is 0.511 e. The summed E-state index contributed by atoms with van der Waals surface area (Å²) in [6.45, 7) is 0. The smallest absolute Gasteiger partial charge is 0.281 e. The summed E-state index contributed by atoms with van der Waals surface area (Å²) in [5.74, 6) is -1.82. The first kappa shape index (κ1) is 11.4. The minimum absolute atomic E-state index is 0.0281. The van der Waals surface area contributed by atoms with E-state index in [-0.39, 0.29) is 33.6 Å². The van der Waals surface area contributed by atoms with E-state index in [4.69, 9.17) is 10.2 Å². The lowest BCUT2D eigenvalue weighted by atomic mass is 9.83. The van der Waals surface area contributed by atoms with E-state index in [0.717, 1.165) is 31.4 Å². The van der Waals surface area contributed by atoms with Crippen molar-refractivity contribution in [3.05, 3.63) is 22.6 Å².